The van der Waals surface area contributed by atoms with Crippen LogP contribution in [0.15, 0.2) is 47.4 Å². The van der Waals surface area contributed by atoms with E-state index in [1.807, 2.05) is 24.3 Å². The lowest BCUT2D eigenvalue weighted by Gasteiger charge is -2.32. The molecule has 0 aliphatic carbocycles. The number of pyridine rings is 1. The molecule has 0 bridgehead atoms. The number of piperidine rings is 1. The Labute approximate surface area is 171 Å². The van der Waals surface area contributed by atoms with Crippen LogP contribution in [-0.2, 0) is 13.5 Å². The van der Waals surface area contributed by atoms with Gasteiger partial charge in [0, 0.05) is 38.4 Å². The molecule has 1 N–H and O–H groups in total. The van der Waals surface area contributed by atoms with E-state index in [4.69, 9.17) is 0 Å². The molecule has 154 valence electrons. The van der Waals surface area contributed by atoms with Gasteiger partial charge in [-0.05, 0) is 55.0 Å². The van der Waals surface area contributed by atoms with Crippen LogP contribution in [0.1, 0.15) is 52.5 Å². The van der Waals surface area contributed by atoms with Crippen molar-refractivity contribution in [3.63, 3.8) is 0 Å². The van der Waals surface area contributed by atoms with Crippen molar-refractivity contribution in [2.45, 2.75) is 32.6 Å². The zero-order valence-corrected chi connectivity index (χ0v) is 17.2. The molecule has 0 atom stereocenters. The lowest BCUT2D eigenvalue weighted by atomic mass is 9.96. The van der Waals surface area contributed by atoms with Crippen molar-refractivity contribution in [1.29, 1.82) is 0 Å². The first-order valence-electron chi connectivity index (χ1n) is 10.3. The van der Waals surface area contributed by atoms with Gasteiger partial charge in [0.25, 0.3) is 17.4 Å². The smallest absolute Gasteiger partial charge is 0.263 e. The number of nitrogens with zero attached hydrogens (tertiary/aromatic N) is 2. The van der Waals surface area contributed by atoms with Gasteiger partial charge < -0.3 is 14.8 Å². The molecule has 6 heteroatoms. The third kappa shape index (κ3) is 5.13. The molecule has 6 nitrogen and oxygen atoms in total. The minimum Gasteiger partial charge on any atom is -0.352 e. The van der Waals surface area contributed by atoms with E-state index in [2.05, 4.69) is 12.2 Å². The fraction of sp³-hybridized carbons (Fsp3) is 0.435. The number of benzene rings is 1. The number of hydrogen-bond donors (Lipinski definition) is 1. The van der Waals surface area contributed by atoms with Gasteiger partial charge in [-0.25, -0.2) is 0 Å². The highest BCUT2D eigenvalue weighted by molar-refractivity contribution is 5.94. The van der Waals surface area contributed by atoms with Crippen LogP contribution in [0, 0.1) is 5.92 Å². The van der Waals surface area contributed by atoms with E-state index in [0.29, 0.717) is 31.1 Å². The maximum Gasteiger partial charge on any atom is 0.263 e. The van der Waals surface area contributed by atoms with Crippen molar-refractivity contribution in [3.05, 3.63) is 69.6 Å². The number of aromatic nitrogens is 1. The van der Waals surface area contributed by atoms with Crippen LogP contribution >= 0.6 is 0 Å². The predicted molar refractivity (Wildman–Crippen MR) is 113 cm³/mol. The number of likely N-dealkylation sites (tertiary alicyclic amines) is 1. The molecular formula is C23H29N3O3. The van der Waals surface area contributed by atoms with Crippen LogP contribution in [0.5, 0.6) is 0 Å². The fourth-order valence-electron chi connectivity index (χ4n) is 3.72. The molecule has 29 heavy (non-hydrogen) atoms. The minimum absolute atomic E-state index is 0.0562. The topological polar surface area (TPSA) is 71.4 Å². The third-order valence-electron chi connectivity index (χ3n) is 5.56. The van der Waals surface area contributed by atoms with Gasteiger partial charge in [0.15, 0.2) is 0 Å². The molecule has 0 spiro atoms. The Kier molecular flexibility index (Phi) is 6.86. The van der Waals surface area contributed by atoms with E-state index in [0.717, 1.165) is 25.7 Å². The summed E-state index contributed by atoms with van der Waals surface area (Å²) in [4.78, 5) is 38.9. The van der Waals surface area contributed by atoms with Gasteiger partial charge in [0.2, 0.25) is 0 Å². The van der Waals surface area contributed by atoms with Gasteiger partial charge in [-0.2, -0.15) is 0 Å². The highest BCUT2D eigenvalue weighted by Gasteiger charge is 2.25. The second-order valence-electron chi connectivity index (χ2n) is 7.73. The van der Waals surface area contributed by atoms with Crippen LogP contribution in [0.25, 0.3) is 0 Å². The summed E-state index contributed by atoms with van der Waals surface area (Å²) >= 11 is 0. The number of nitrogens with one attached hydrogen (secondary N) is 1. The molecule has 2 heterocycles. The first-order valence-corrected chi connectivity index (χ1v) is 10.3. The maximum atomic E-state index is 12.6. The van der Waals surface area contributed by atoms with Crippen molar-refractivity contribution in [1.82, 2.24) is 14.8 Å². The summed E-state index contributed by atoms with van der Waals surface area (Å²) in [7, 11) is 1.64. The lowest BCUT2D eigenvalue weighted by molar-refractivity contribution is 0.0682. The molecule has 0 radical (unpaired) electrons. The number of amides is 2. The van der Waals surface area contributed by atoms with E-state index in [1.165, 1.54) is 10.1 Å². The summed E-state index contributed by atoms with van der Waals surface area (Å²) < 4.78 is 1.42. The molecule has 1 saturated heterocycles. The van der Waals surface area contributed by atoms with Crippen molar-refractivity contribution >= 4 is 11.8 Å². The molecule has 1 aromatic carbocycles. The normalized spacial score (nSPS) is 14.6. The largest absolute Gasteiger partial charge is 0.352 e. The maximum absolute atomic E-state index is 12.6. The average molecular weight is 396 g/mol. The Morgan fingerprint density at radius 3 is 2.45 bits per heavy atom. The number of rotatable bonds is 6. The van der Waals surface area contributed by atoms with Crippen LogP contribution in [0.2, 0.25) is 0 Å². The van der Waals surface area contributed by atoms with Crippen molar-refractivity contribution in [2.24, 2.45) is 13.0 Å². The molecule has 1 fully saturated rings. The second kappa shape index (κ2) is 9.54. The van der Waals surface area contributed by atoms with Crippen LogP contribution in [0.4, 0.5) is 0 Å². The zero-order valence-electron chi connectivity index (χ0n) is 17.2. The summed E-state index contributed by atoms with van der Waals surface area (Å²) in [5, 5.41) is 3.02. The van der Waals surface area contributed by atoms with Gasteiger partial charge >= 0.3 is 0 Å². The summed E-state index contributed by atoms with van der Waals surface area (Å²) in [6, 6.07) is 11.1. The number of aryl methyl sites for hydroxylation is 2. The molecule has 0 unspecified atom stereocenters. The minimum atomic E-state index is -0.267. The van der Waals surface area contributed by atoms with Crippen LogP contribution in [0.3, 0.4) is 0 Å². The summed E-state index contributed by atoms with van der Waals surface area (Å²) in [6.07, 6.45) is 5.38. The van der Waals surface area contributed by atoms with Gasteiger partial charge in [-0.3, -0.25) is 14.4 Å². The van der Waals surface area contributed by atoms with Gasteiger partial charge in [0.1, 0.15) is 5.56 Å². The van der Waals surface area contributed by atoms with Gasteiger partial charge in [0.05, 0.1) is 0 Å². The molecule has 3 rings (SSSR count). The van der Waals surface area contributed by atoms with Crippen molar-refractivity contribution in [2.75, 3.05) is 19.6 Å². The first-order chi connectivity index (χ1) is 14.0. The molecular weight excluding hydrogens is 366 g/mol. The number of carbonyl (C=O) groups is 2. The first kappa shape index (κ1) is 20.8. The fourth-order valence-corrected chi connectivity index (χ4v) is 3.72. The lowest BCUT2D eigenvalue weighted by Crippen LogP contribution is -2.43. The Balaban J connectivity index is 1.48. The van der Waals surface area contributed by atoms with E-state index in [9.17, 15) is 14.4 Å². The third-order valence-corrected chi connectivity index (χ3v) is 5.56. The monoisotopic (exact) mass is 395 g/mol. The standard InChI is InChI=1S/C23H29N3O3/c1-3-5-17-7-9-19(10-8-17)21(27)24-16-18-11-14-26(15-12-18)23(29)20-6-4-13-25(2)22(20)28/h4,6-10,13,18H,3,5,11-12,14-16H2,1-2H3,(H,24,27). The summed E-state index contributed by atoms with van der Waals surface area (Å²) in [5.41, 5.74) is 1.87. The number of carbonyl (C=O) groups excluding carboxylic acids is 2. The van der Waals surface area contributed by atoms with E-state index >= 15 is 0 Å². The molecule has 1 aromatic heterocycles. The SMILES string of the molecule is CCCc1ccc(C(=O)NCC2CCN(C(=O)c3cccn(C)c3=O)CC2)cc1. The van der Waals surface area contributed by atoms with Crippen molar-refractivity contribution in [3.8, 4) is 0 Å². The second-order valence-corrected chi connectivity index (χ2v) is 7.73. The van der Waals surface area contributed by atoms with Gasteiger partial charge in [-0.1, -0.05) is 25.5 Å². The van der Waals surface area contributed by atoms with E-state index in [1.54, 1.807) is 30.3 Å². The van der Waals surface area contributed by atoms with E-state index < -0.39 is 0 Å². The Bertz CT molecular complexity index is 910. The Morgan fingerprint density at radius 2 is 1.79 bits per heavy atom. The molecule has 2 amide bonds. The molecule has 2 aromatic rings. The van der Waals surface area contributed by atoms with Gasteiger partial charge in [-0.15, -0.1) is 0 Å². The number of hydrogen-bond acceptors (Lipinski definition) is 3. The van der Waals surface area contributed by atoms with Crippen LogP contribution in [-0.4, -0.2) is 40.9 Å². The van der Waals surface area contributed by atoms with Crippen LogP contribution < -0.4 is 10.9 Å². The van der Waals surface area contributed by atoms with E-state index in [-0.39, 0.29) is 22.9 Å². The summed E-state index contributed by atoms with van der Waals surface area (Å²) in [6.45, 7) is 3.94. The Hall–Kier alpha value is -2.89. The quantitative estimate of drug-likeness (QED) is 0.817. The Morgan fingerprint density at radius 1 is 1.10 bits per heavy atom. The predicted octanol–water partition coefficient (Wildman–Crippen LogP) is 2.62. The highest BCUT2D eigenvalue weighted by Crippen LogP contribution is 2.18. The molecule has 0 saturated carbocycles. The zero-order chi connectivity index (χ0) is 20.8. The molecule has 1 aliphatic heterocycles. The molecule has 1 aliphatic rings. The summed E-state index contributed by atoms with van der Waals surface area (Å²) in [5.74, 6) is 0.0705. The van der Waals surface area contributed by atoms with Crippen molar-refractivity contribution < 1.29 is 9.59 Å². The average Bonchev–Trinajstić information content (AvgIpc) is 2.74. The highest BCUT2D eigenvalue weighted by atomic mass is 16.2.